The van der Waals surface area contributed by atoms with Gasteiger partial charge in [-0.25, -0.2) is 0 Å². The first-order valence-corrected chi connectivity index (χ1v) is 6.29. The standard InChI is InChI=1S/C14H13N3O2S/c15-13(20)9-19-11-6-4-10(5-7-11)17-14(18)12-3-1-2-8-16-12/h1-8H,9H2,(H2,15,20)(H,17,18). The zero-order valence-corrected chi connectivity index (χ0v) is 11.4. The third-order valence-electron chi connectivity index (χ3n) is 2.39. The van der Waals surface area contributed by atoms with Crippen LogP contribution in [0, 0.1) is 0 Å². The first-order valence-electron chi connectivity index (χ1n) is 5.89. The molecule has 0 saturated carbocycles. The molecule has 5 nitrogen and oxygen atoms in total. The lowest BCUT2D eigenvalue weighted by atomic mass is 10.3. The molecule has 0 atom stereocenters. The number of pyridine rings is 1. The van der Waals surface area contributed by atoms with Crippen molar-refractivity contribution < 1.29 is 9.53 Å². The summed E-state index contributed by atoms with van der Waals surface area (Å²) in [6.07, 6.45) is 1.57. The summed E-state index contributed by atoms with van der Waals surface area (Å²) < 4.78 is 5.32. The summed E-state index contributed by atoms with van der Waals surface area (Å²) in [4.78, 5) is 16.1. The van der Waals surface area contributed by atoms with E-state index < -0.39 is 0 Å². The Labute approximate surface area is 121 Å². The third-order valence-corrected chi connectivity index (χ3v) is 2.51. The predicted molar refractivity (Wildman–Crippen MR) is 80.9 cm³/mol. The third kappa shape index (κ3) is 4.03. The molecule has 20 heavy (non-hydrogen) atoms. The molecule has 0 spiro atoms. The molecular weight excluding hydrogens is 274 g/mol. The molecule has 1 aromatic heterocycles. The molecule has 1 aromatic carbocycles. The van der Waals surface area contributed by atoms with Crippen molar-refractivity contribution in [1.29, 1.82) is 0 Å². The number of carbonyl (C=O) groups excluding carboxylic acids is 1. The lowest BCUT2D eigenvalue weighted by molar-refractivity contribution is 0.102. The number of carbonyl (C=O) groups is 1. The van der Waals surface area contributed by atoms with E-state index in [1.165, 1.54) is 0 Å². The second-order valence-corrected chi connectivity index (χ2v) is 4.47. The van der Waals surface area contributed by atoms with Gasteiger partial charge in [-0.1, -0.05) is 18.3 Å². The summed E-state index contributed by atoms with van der Waals surface area (Å²) in [5.74, 6) is 0.371. The van der Waals surface area contributed by atoms with Gasteiger partial charge in [0.2, 0.25) is 0 Å². The van der Waals surface area contributed by atoms with E-state index >= 15 is 0 Å². The zero-order valence-electron chi connectivity index (χ0n) is 10.6. The summed E-state index contributed by atoms with van der Waals surface area (Å²) in [5.41, 5.74) is 6.36. The second kappa shape index (κ2) is 6.63. The Kier molecular flexibility index (Phi) is 4.62. The number of amides is 1. The number of hydrogen-bond acceptors (Lipinski definition) is 4. The van der Waals surface area contributed by atoms with Gasteiger partial charge in [-0.2, -0.15) is 0 Å². The summed E-state index contributed by atoms with van der Waals surface area (Å²) >= 11 is 4.72. The number of rotatable bonds is 5. The predicted octanol–water partition coefficient (Wildman–Crippen LogP) is 2.00. The maximum Gasteiger partial charge on any atom is 0.274 e. The summed E-state index contributed by atoms with van der Waals surface area (Å²) in [6.45, 7) is 0.189. The maximum atomic E-state index is 11.9. The average Bonchev–Trinajstić information content (AvgIpc) is 2.47. The van der Waals surface area contributed by atoms with Gasteiger partial charge in [-0.05, 0) is 36.4 Å². The molecule has 0 aliphatic carbocycles. The Bertz CT molecular complexity index is 600. The van der Waals surface area contributed by atoms with Crippen LogP contribution in [0.4, 0.5) is 5.69 Å². The fourth-order valence-corrected chi connectivity index (χ4v) is 1.54. The van der Waals surface area contributed by atoms with Crippen LogP contribution in [0.25, 0.3) is 0 Å². The molecule has 6 heteroatoms. The van der Waals surface area contributed by atoms with Crippen LogP contribution in [-0.4, -0.2) is 22.5 Å². The highest BCUT2D eigenvalue weighted by molar-refractivity contribution is 7.80. The van der Waals surface area contributed by atoms with E-state index in [2.05, 4.69) is 10.3 Å². The first-order chi connectivity index (χ1) is 9.65. The molecule has 0 unspecified atom stereocenters. The topological polar surface area (TPSA) is 77.2 Å². The van der Waals surface area contributed by atoms with E-state index in [0.717, 1.165) is 0 Å². The van der Waals surface area contributed by atoms with Gasteiger partial charge in [0.1, 0.15) is 23.0 Å². The fourth-order valence-electron chi connectivity index (χ4n) is 1.48. The van der Waals surface area contributed by atoms with Crippen LogP contribution in [0.3, 0.4) is 0 Å². The van der Waals surface area contributed by atoms with Crippen LogP contribution >= 0.6 is 12.2 Å². The van der Waals surface area contributed by atoms with Crippen molar-refractivity contribution in [2.75, 3.05) is 11.9 Å². The lowest BCUT2D eigenvalue weighted by Crippen LogP contribution is -2.17. The van der Waals surface area contributed by atoms with Gasteiger partial charge in [0.25, 0.3) is 5.91 Å². The Balaban J connectivity index is 1.97. The molecule has 3 N–H and O–H groups in total. The van der Waals surface area contributed by atoms with E-state index in [9.17, 15) is 4.79 Å². The highest BCUT2D eigenvalue weighted by atomic mass is 32.1. The Morgan fingerprint density at radius 1 is 1.25 bits per heavy atom. The number of nitrogens with zero attached hydrogens (tertiary/aromatic N) is 1. The second-order valence-electron chi connectivity index (χ2n) is 3.95. The maximum absolute atomic E-state index is 11.9. The SMILES string of the molecule is NC(=S)COc1ccc(NC(=O)c2ccccn2)cc1. The Morgan fingerprint density at radius 3 is 2.60 bits per heavy atom. The molecule has 2 aromatic rings. The smallest absolute Gasteiger partial charge is 0.274 e. The number of nitrogens with one attached hydrogen (secondary N) is 1. The number of ether oxygens (including phenoxy) is 1. The molecule has 0 radical (unpaired) electrons. The van der Waals surface area contributed by atoms with Crippen molar-refractivity contribution in [1.82, 2.24) is 4.98 Å². The van der Waals surface area contributed by atoms with Gasteiger partial charge in [-0.15, -0.1) is 0 Å². The van der Waals surface area contributed by atoms with E-state index in [0.29, 0.717) is 17.1 Å². The molecule has 0 bridgehead atoms. The summed E-state index contributed by atoms with van der Waals surface area (Å²) in [6, 6.07) is 12.1. The number of nitrogens with two attached hydrogens (primary N) is 1. The minimum atomic E-state index is -0.262. The van der Waals surface area contributed by atoms with Crippen molar-refractivity contribution >= 4 is 28.8 Å². The summed E-state index contributed by atoms with van der Waals surface area (Å²) in [7, 11) is 0. The minimum absolute atomic E-state index is 0.189. The van der Waals surface area contributed by atoms with Crippen LogP contribution in [0.2, 0.25) is 0 Å². The van der Waals surface area contributed by atoms with Gasteiger partial charge in [0.15, 0.2) is 0 Å². The minimum Gasteiger partial charge on any atom is -0.487 e. The van der Waals surface area contributed by atoms with Gasteiger partial charge < -0.3 is 15.8 Å². The fraction of sp³-hybridized carbons (Fsp3) is 0.0714. The van der Waals surface area contributed by atoms with Crippen molar-refractivity contribution in [3.05, 3.63) is 54.4 Å². The van der Waals surface area contributed by atoms with Gasteiger partial charge >= 0.3 is 0 Å². The van der Waals surface area contributed by atoms with Crippen LogP contribution in [0.15, 0.2) is 48.7 Å². The van der Waals surface area contributed by atoms with E-state index in [1.807, 2.05) is 0 Å². The van der Waals surface area contributed by atoms with Crippen LogP contribution in [-0.2, 0) is 0 Å². The lowest BCUT2D eigenvalue weighted by Gasteiger charge is -2.07. The monoisotopic (exact) mass is 287 g/mol. The average molecular weight is 287 g/mol. The molecule has 0 aliphatic heterocycles. The number of thiocarbonyl (C=S) groups is 1. The normalized spacial score (nSPS) is 9.80. The van der Waals surface area contributed by atoms with E-state index in [1.54, 1.807) is 48.7 Å². The Morgan fingerprint density at radius 2 is 2.00 bits per heavy atom. The molecule has 1 amide bonds. The van der Waals surface area contributed by atoms with Gasteiger partial charge in [-0.3, -0.25) is 9.78 Å². The largest absolute Gasteiger partial charge is 0.487 e. The highest BCUT2D eigenvalue weighted by Gasteiger charge is 2.06. The number of anilines is 1. The van der Waals surface area contributed by atoms with Gasteiger partial charge in [0, 0.05) is 11.9 Å². The molecule has 0 fully saturated rings. The van der Waals surface area contributed by atoms with Crippen LogP contribution in [0.1, 0.15) is 10.5 Å². The highest BCUT2D eigenvalue weighted by Crippen LogP contribution is 2.16. The first kappa shape index (κ1) is 14.0. The Hall–Kier alpha value is -2.47. The van der Waals surface area contributed by atoms with Crippen molar-refractivity contribution in [2.45, 2.75) is 0 Å². The van der Waals surface area contributed by atoms with Crippen LogP contribution < -0.4 is 15.8 Å². The van der Waals surface area contributed by atoms with Gasteiger partial charge in [0.05, 0.1) is 0 Å². The van der Waals surface area contributed by atoms with E-state index in [-0.39, 0.29) is 17.5 Å². The molecule has 2 rings (SSSR count). The van der Waals surface area contributed by atoms with E-state index in [4.69, 9.17) is 22.7 Å². The van der Waals surface area contributed by atoms with Crippen LogP contribution in [0.5, 0.6) is 5.75 Å². The molecule has 0 saturated heterocycles. The quantitative estimate of drug-likeness (QED) is 0.822. The number of benzene rings is 1. The summed E-state index contributed by atoms with van der Waals surface area (Å²) in [5, 5.41) is 2.74. The number of aromatic nitrogens is 1. The molecule has 1 heterocycles. The van der Waals surface area contributed by atoms with Crippen molar-refractivity contribution in [3.63, 3.8) is 0 Å². The molecular formula is C14H13N3O2S. The van der Waals surface area contributed by atoms with Crippen molar-refractivity contribution in [3.8, 4) is 5.75 Å². The van der Waals surface area contributed by atoms with Crippen molar-refractivity contribution in [2.24, 2.45) is 5.73 Å². The molecule has 102 valence electrons. The zero-order chi connectivity index (χ0) is 14.4. The number of hydrogen-bond donors (Lipinski definition) is 2. The molecule has 0 aliphatic rings.